The zero-order valence-electron chi connectivity index (χ0n) is 18.2. The van der Waals surface area contributed by atoms with E-state index in [-0.39, 0.29) is 36.1 Å². The first kappa shape index (κ1) is 23.2. The number of ketones is 1. The summed E-state index contributed by atoms with van der Waals surface area (Å²) in [5.41, 5.74) is 0.726. The summed E-state index contributed by atoms with van der Waals surface area (Å²) in [6.45, 7) is 4.16. The number of nitrogens with zero attached hydrogens (tertiary/aromatic N) is 4. The van der Waals surface area contributed by atoms with Crippen molar-refractivity contribution >= 4 is 11.8 Å². The Morgan fingerprint density at radius 2 is 1.91 bits per heavy atom. The van der Waals surface area contributed by atoms with Crippen LogP contribution in [0.2, 0.25) is 0 Å². The molecule has 0 bridgehead atoms. The van der Waals surface area contributed by atoms with Crippen LogP contribution in [0.3, 0.4) is 0 Å². The number of morpholine rings is 1. The molecule has 2 fully saturated rings. The van der Waals surface area contributed by atoms with E-state index in [0.717, 1.165) is 19.4 Å². The number of alkyl halides is 3. The van der Waals surface area contributed by atoms with Crippen LogP contribution < -0.4 is 0 Å². The summed E-state index contributed by atoms with van der Waals surface area (Å²) in [6, 6.07) is 6.04. The number of urea groups is 1. The second kappa shape index (κ2) is 9.50. The van der Waals surface area contributed by atoms with E-state index in [1.54, 1.807) is 0 Å². The Hall–Kier alpha value is -2.95. The van der Waals surface area contributed by atoms with Crippen molar-refractivity contribution in [2.75, 3.05) is 26.3 Å². The molecule has 2 aliphatic rings. The SMILES string of the molecule is CC1CCCN1C(=O)N1CCOCC1CCC(=O)c1ccc(-c2noc(C(F)(F)F)n2)cc1. The monoisotopic (exact) mass is 466 g/mol. The van der Waals surface area contributed by atoms with Crippen LogP contribution in [0.1, 0.15) is 48.9 Å². The number of Topliss-reactive ketones (excluding diaryl/α,β-unsaturated/α-hetero) is 1. The first-order valence-electron chi connectivity index (χ1n) is 10.9. The number of ether oxygens (including phenoxy) is 1. The smallest absolute Gasteiger partial charge is 0.377 e. The molecule has 2 saturated heterocycles. The van der Waals surface area contributed by atoms with Gasteiger partial charge in [-0.3, -0.25) is 4.79 Å². The van der Waals surface area contributed by atoms with Gasteiger partial charge in [0.2, 0.25) is 5.82 Å². The summed E-state index contributed by atoms with van der Waals surface area (Å²) >= 11 is 0. The number of amides is 2. The van der Waals surface area contributed by atoms with Crippen molar-refractivity contribution in [3.8, 4) is 11.4 Å². The van der Waals surface area contributed by atoms with Gasteiger partial charge in [-0.15, -0.1) is 0 Å². The highest BCUT2D eigenvalue weighted by Crippen LogP contribution is 2.29. The lowest BCUT2D eigenvalue weighted by Gasteiger charge is -2.39. The summed E-state index contributed by atoms with van der Waals surface area (Å²) in [7, 11) is 0. The summed E-state index contributed by atoms with van der Waals surface area (Å²) in [4.78, 5) is 32.7. The van der Waals surface area contributed by atoms with E-state index in [1.807, 2.05) is 16.7 Å². The highest BCUT2D eigenvalue weighted by molar-refractivity contribution is 5.96. The van der Waals surface area contributed by atoms with E-state index >= 15 is 0 Å². The maximum absolute atomic E-state index is 13.0. The molecular formula is C22H25F3N4O4. The third-order valence-electron chi connectivity index (χ3n) is 6.11. The minimum atomic E-state index is -4.72. The number of aromatic nitrogens is 2. The zero-order chi connectivity index (χ0) is 23.6. The summed E-state index contributed by atoms with van der Waals surface area (Å²) in [5.74, 6) is -1.75. The van der Waals surface area contributed by atoms with Crippen LogP contribution in [0, 0.1) is 0 Å². The summed E-state index contributed by atoms with van der Waals surface area (Å²) in [5, 5.41) is 3.34. The largest absolute Gasteiger partial charge is 0.471 e. The van der Waals surface area contributed by atoms with Gasteiger partial charge in [0.15, 0.2) is 5.78 Å². The van der Waals surface area contributed by atoms with Gasteiger partial charge in [-0.25, -0.2) is 4.79 Å². The van der Waals surface area contributed by atoms with Crippen LogP contribution in [0.25, 0.3) is 11.4 Å². The molecule has 2 aliphatic heterocycles. The number of hydrogen-bond acceptors (Lipinski definition) is 6. The number of hydrogen-bond donors (Lipinski definition) is 0. The molecular weight excluding hydrogens is 441 g/mol. The molecule has 8 nitrogen and oxygen atoms in total. The zero-order valence-corrected chi connectivity index (χ0v) is 18.2. The predicted molar refractivity (Wildman–Crippen MR) is 110 cm³/mol. The molecule has 11 heteroatoms. The molecule has 2 unspecified atom stereocenters. The van der Waals surface area contributed by atoms with Crippen molar-refractivity contribution < 1.29 is 32.0 Å². The molecule has 3 heterocycles. The average molecular weight is 466 g/mol. The van der Waals surface area contributed by atoms with Crippen molar-refractivity contribution in [1.82, 2.24) is 19.9 Å². The van der Waals surface area contributed by atoms with Crippen molar-refractivity contribution in [3.63, 3.8) is 0 Å². The third kappa shape index (κ3) is 5.18. The fraction of sp³-hybridized carbons (Fsp3) is 0.545. The van der Waals surface area contributed by atoms with E-state index in [2.05, 4.69) is 14.7 Å². The maximum atomic E-state index is 13.0. The van der Waals surface area contributed by atoms with E-state index in [1.165, 1.54) is 24.3 Å². The van der Waals surface area contributed by atoms with Gasteiger partial charge in [0, 0.05) is 36.7 Å². The number of rotatable bonds is 5. The number of carbonyl (C=O) groups is 2. The third-order valence-corrected chi connectivity index (χ3v) is 6.11. The molecule has 0 radical (unpaired) electrons. The highest BCUT2D eigenvalue weighted by atomic mass is 19.4. The topological polar surface area (TPSA) is 88.8 Å². The Bertz CT molecular complexity index is 992. The van der Waals surface area contributed by atoms with Crippen molar-refractivity contribution in [1.29, 1.82) is 0 Å². The number of carbonyl (C=O) groups excluding carboxylic acids is 2. The van der Waals surface area contributed by atoms with Crippen LogP contribution in [0.4, 0.5) is 18.0 Å². The van der Waals surface area contributed by atoms with Crippen LogP contribution >= 0.6 is 0 Å². The lowest BCUT2D eigenvalue weighted by Crippen LogP contribution is -2.54. The summed E-state index contributed by atoms with van der Waals surface area (Å²) in [6.07, 6.45) is -2.04. The van der Waals surface area contributed by atoms with Gasteiger partial charge >= 0.3 is 18.1 Å². The van der Waals surface area contributed by atoms with Gasteiger partial charge in [-0.05, 0) is 26.2 Å². The van der Waals surface area contributed by atoms with E-state index in [0.29, 0.717) is 37.3 Å². The molecule has 4 rings (SSSR count). The number of likely N-dealkylation sites (tertiary alicyclic amines) is 1. The molecule has 178 valence electrons. The average Bonchev–Trinajstić information content (AvgIpc) is 3.47. The Labute approximate surface area is 188 Å². The lowest BCUT2D eigenvalue weighted by atomic mass is 10.0. The number of benzene rings is 1. The fourth-order valence-electron chi connectivity index (χ4n) is 4.23. The minimum absolute atomic E-state index is 0.00319. The molecule has 2 amide bonds. The van der Waals surface area contributed by atoms with E-state index < -0.39 is 12.1 Å². The van der Waals surface area contributed by atoms with Crippen LogP contribution in [-0.4, -0.2) is 70.1 Å². The second-order valence-corrected chi connectivity index (χ2v) is 8.35. The highest BCUT2D eigenvalue weighted by Gasteiger charge is 2.38. The van der Waals surface area contributed by atoms with E-state index in [9.17, 15) is 22.8 Å². The quantitative estimate of drug-likeness (QED) is 0.619. The molecule has 1 aromatic heterocycles. The molecule has 33 heavy (non-hydrogen) atoms. The standard InChI is InChI=1S/C22H25F3N4O4/c1-14-3-2-10-28(14)21(31)29-11-12-32-13-17(29)8-9-18(30)15-4-6-16(7-5-15)19-26-20(33-27-19)22(23,24)25/h4-7,14,17H,2-3,8-13H2,1H3. The number of halogens is 3. The minimum Gasteiger partial charge on any atom is -0.377 e. The second-order valence-electron chi connectivity index (χ2n) is 8.35. The Morgan fingerprint density at radius 3 is 2.55 bits per heavy atom. The van der Waals surface area contributed by atoms with Gasteiger partial charge in [-0.2, -0.15) is 18.2 Å². The molecule has 0 saturated carbocycles. The molecule has 0 N–H and O–H groups in total. The molecule has 0 spiro atoms. The Kier molecular flexibility index (Phi) is 6.68. The fourth-order valence-corrected chi connectivity index (χ4v) is 4.23. The van der Waals surface area contributed by atoms with Crippen molar-refractivity contribution in [3.05, 3.63) is 35.7 Å². The first-order valence-corrected chi connectivity index (χ1v) is 10.9. The van der Waals surface area contributed by atoms with Gasteiger partial charge in [-0.1, -0.05) is 29.4 Å². The van der Waals surface area contributed by atoms with Crippen LogP contribution in [0.15, 0.2) is 28.8 Å². The molecule has 0 aliphatic carbocycles. The first-order chi connectivity index (χ1) is 15.7. The lowest BCUT2D eigenvalue weighted by molar-refractivity contribution is -0.159. The molecule has 1 aromatic carbocycles. The van der Waals surface area contributed by atoms with Gasteiger partial charge in [0.25, 0.3) is 0 Å². The van der Waals surface area contributed by atoms with Gasteiger partial charge < -0.3 is 19.1 Å². The van der Waals surface area contributed by atoms with E-state index in [4.69, 9.17) is 4.74 Å². The molecule has 2 atom stereocenters. The Morgan fingerprint density at radius 1 is 1.15 bits per heavy atom. The predicted octanol–water partition coefficient (Wildman–Crippen LogP) is 4.02. The van der Waals surface area contributed by atoms with Crippen LogP contribution in [-0.2, 0) is 10.9 Å². The summed E-state index contributed by atoms with van der Waals surface area (Å²) < 4.78 is 47.7. The van der Waals surface area contributed by atoms with Gasteiger partial charge in [0.05, 0.1) is 19.3 Å². The van der Waals surface area contributed by atoms with Gasteiger partial charge in [0.1, 0.15) is 0 Å². The maximum Gasteiger partial charge on any atom is 0.471 e. The Balaban J connectivity index is 1.36. The normalized spacial score (nSPS) is 21.5. The van der Waals surface area contributed by atoms with Crippen molar-refractivity contribution in [2.24, 2.45) is 0 Å². The van der Waals surface area contributed by atoms with Crippen molar-refractivity contribution in [2.45, 2.75) is 50.9 Å². The van der Waals surface area contributed by atoms with Crippen LogP contribution in [0.5, 0.6) is 0 Å². The molecule has 2 aromatic rings.